The number of fused-ring (bicyclic) bond motifs is 8. The highest BCUT2D eigenvalue weighted by molar-refractivity contribution is 6.13. The van der Waals surface area contributed by atoms with Crippen molar-refractivity contribution in [2.45, 2.75) is 79.1 Å². The summed E-state index contributed by atoms with van der Waals surface area (Å²) in [4.78, 5) is 16.4. The van der Waals surface area contributed by atoms with Crippen molar-refractivity contribution in [1.82, 2.24) is 24.1 Å². The lowest BCUT2D eigenvalue weighted by molar-refractivity contribution is 0.483. The average Bonchev–Trinajstić information content (AvgIpc) is 4.42. The third kappa shape index (κ3) is 8.47. The fourth-order valence-corrected chi connectivity index (χ4v) is 12.1. The van der Waals surface area contributed by atoms with Gasteiger partial charge in [0.15, 0.2) is 11.2 Å². The molecule has 8 nitrogen and oxygen atoms in total. The van der Waals surface area contributed by atoms with Crippen LogP contribution in [-0.4, -0.2) is 24.1 Å². The number of nitrogens with zero attached hydrogens (tertiary/aromatic N) is 5. The molecule has 14 aromatic rings. The normalized spacial score (nSPS) is 12.1. The van der Waals surface area contributed by atoms with E-state index in [2.05, 4.69) is 234 Å². The minimum absolute atomic E-state index is 0.175. The Morgan fingerprint density at radius 2 is 0.840 bits per heavy atom. The lowest BCUT2D eigenvalue weighted by atomic mass is 9.88. The van der Waals surface area contributed by atoms with Gasteiger partial charge in [-0.3, -0.25) is 9.13 Å². The summed E-state index contributed by atoms with van der Waals surface area (Å²) in [5, 5.41) is 1.74. The molecule has 0 aliphatic rings. The molecule has 0 bridgehead atoms. The second-order valence-corrected chi connectivity index (χ2v) is 22.7. The van der Waals surface area contributed by atoms with Gasteiger partial charge < -0.3 is 13.6 Å². The molecule has 5 aromatic heterocycles. The van der Waals surface area contributed by atoms with Crippen LogP contribution >= 0.6 is 0 Å². The predicted molar refractivity (Wildman–Crippen MR) is 333 cm³/mol. The van der Waals surface area contributed by atoms with E-state index in [-0.39, 0.29) is 23.7 Å². The summed E-state index contributed by atoms with van der Waals surface area (Å²) in [6, 6.07) is 70.3. The van der Waals surface area contributed by atoms with E-state index in [1.807, 2.05) is 30.3 Å². The van der Waals surface area contributed by atoms with Gasteiger partial charge in [0, 0.05) is 17.0 Å². The van der Waals surface area contributed by atoms with Crippen LogP contribution in [0.3, 0.4) is 0 Å². The maximum atomic E-state index is 7.23. The first-order chi connectivity index (χ1) is 39.4. The van der Waals surface area contributed by atoms with Crippen LogP contribution in [0.2, 0.25) is 0 Å². The Kier molecular flexibility index (Phi) is 12.1. The number of hydrogen-bond donors (Lipinski definition) is 0. The Hall–Kier alpha value is -9.53. The van der Waals surface area contributed by atoms with Crippen LogP contribution in [0.5, 0.6) is 11.5 Å². The van der Waals surface area contributed by atoms with Gasteiger partial charge in [-0.1, -0.05) is 165 Å². The topological polar surface area (TPSA) is 84.0 Å². The maximum absolute atomic E-state index is 7.23. The molecular weight excluding hydrogens is 995 g/mol. The van der Waals surface area contributed by atoms with Gasteiger partial charge in [-0.2, -0.15) is 0 Å². The smallest absolute Gasteiger partial charge is 0.157 e. The molecule has 5 heterocycles. The Balaban J connectivity index is 0.986. The lowest BCUT2D eigenvalue weighted by Gasteiger charge is -2.24. The van der Waals surface area contributed by atoms with Crippen molar-refractivity contribution in [2.75, 3.05) is 0 Å². The Morgan fingerprint density at radius 3 is 1.42 bits per heavy atom. The van der Waals surface area contributed by atoms with Gasteiger partial charge in [0.2, 0.25) is 0 Å². The van der Waals surface area contributed by atoms with E-state index >= 15 is 0 Å². The van der Waals surface area contributed by atoms with E-state index in [0.717, 1.165) is 72.4 Å². The highest BCUT2D eigenvalue weighted by atomic mass is 16.5. The summed E-state index contributed by atoms with van der Waals surface area (Å²) in [6.45, 7) is 18.3. The van der Waals surface area contributed by atoms with Crippen molar-refractivity contribution in [3.05, 3.63) is 222 Å². The summed E-state index contributed by atoms with van der Waals surface area (Å²) in [6.07, 6.45) is 0. The third-order valence-corrected chi connectivity index (χ3v) is 16.0. The van der Waals surface area contributed by atoms with Crippen molar-refractivity contribution in [3.8, 4) is 67.9 Å². The SMILES string of the molecule is CC(C)c1cc(-c2ccccc2)cc(C(C)C)c1-n1c(-c2cccc(Oc3cc(-c4nc5ccccc5n4-c4c(C(C)C)cc(-c5ccccc5)cc4C(C)C)c4oc5cc6oc7ccccc7c6nc5c4c3)c2)nc2ccccc21. The monoisotopic (exact) mass is 1060 g/mol. The average molecular weight is 1060 g/mol. The van der Waals surface area contributed by atoms with Crippen molar-refractivity contribution in [2.24, 2.45) is 0 Å². The number of rotatable bonds is 12. The van der Waals surface area contributed by atoms with E-state index < -0.39 is 0 Å². The van der Waals surface area contributed by atoms with E-state index in [1.165, 1.54) is 50.2 Å². The van der Waals surface area contributed by atoms with Crippen LogP contribution < -0.4 is 4.74 Å². The second-order valence-electron chi connectivity index (χ2n) is 22.7. The molecule has 0 unspecified atom stereocenters. The van der Waals surface area contributed by atoms with Gasteiger partial charge in [0.25, 0.3) is 0 Å². The van der Waals surface area contributed by atoms with Gasteiger partial charge in [0.05, 0.1) is 44.4 Å². The first-order valence-corrected chi connectivity index (χ1v) is 28.3. The molecule has 9 aromatic carbocycles. The number of aromatic nitrogens is 5. The summed E-state index contributed by atoms with van der Waals surface area (Å²) >= 11 is 0. The Bertz CT molecular complexity index is 4690. The van der Waals surface area contributed by atoms with Crippen LogP contribution in [0.25, 0.3) is 123 Å². The zero-order valence-corrected chi connectivity index (χ0v) is 46.8. The largest absolute Gasteiger partial charge is 0.457 e. The number of para-hydroxylation sites is 5. The molecule has 0 radical (unpaired) electrons. The fraction of sp³-hybridized carbons (Fsp3) is 0.164. The number of ether oxygens (including phenoxy) is 1. The van der Waals surface area contributed by atoms with E-state index in [1.54, 1.807) is 0 Å². The molecule has 0 atom stereocenters. The van der Waals surface area contributed by atoms with Crippen molar-refractivity contribution in [1.29, 1.82) is 0 Å². The molecule has 0 N–H and O–H groups in total. The van der Waals surface area contributed by atoms with E-state index in [0.29, 0.717) is 33.8 Å². The van der Waals surface area contributed by atoms with Crippen molar-refractivity contribution in [3.63, 3.8) is 0 Å². The molecule has 0 aliphatic heterocycles. The highest BCUT2D eigenvalue weighted by Crippen LogP contribution is 2.47. The quantitative estimate of drug-likeness (QED) is 0.121. The molecular formula is C73H61N5O3. The van der Waals surface area contributed by atoms with Crippen LogP contribution in [-0.2, 0) is 0 Å². The molecule has 0 spiro atoms. The van der Waals surface area contributed by atoms with Crippen LogP contribution in [0.1, 0.15) is 101 Å². The third-order valence-electron chi connectivity index (χ3n) is 16.0. The molecule has 8 heteroatoms. The van der Waals surface area contributed by atoms with Crippen LogP contribution in [0.4, 0.5) is 0 Å². The second kappa shape index (κ2) is 19.7. The van der Waals surface area contributed by atoms with Gasteiger partial charge in [-0.15, -0.1) is 0 Å². The molecule has 0 aliphatic carbocycles. The summed E-state index contributed by atoms with van der Waals surface area (Å²) in [7, 11) is 0. The number of benzene rings is 9. The molecule has 0 saturated carbocycles. The minimum atomic E-state index is 0.175. The molecule has 0 saturated heterocycles. The van der Waals surface area contributed by atoms with Crippen LogP contribution in [0.15, 0.2) is 209 Å². The van der Waals surface area contributed by atoms with Gasteiger partial charge in [-0.05, 0) is 153 Å². The Morgan fingerprint density at radius 1 is 0.358 bits per heavy atom. The van der Waals surface area contributed by atoms with Gasteiger partial charge in [0.1, 0.15) is 45.3 Å². The molecule has 0 amide bonds. The standard InChI is InChI=1S/C73H61N5O3/c1-42(2)54-35-49(46-22-11-9-12-23-46)36-55(43(3)4)69(54)77-62-31-18-16-29-60(62)74-72(77)48-26-21-27-51(34-48)79-52-39-58-68-66(41-65-67(76-68)53-28-15-20-33-64(53)80-65)81-71(58)59(40-52)73-75-61-30-17-19-32-63(61)78(73)70-56(44(5)6)37-50(38-57(70)45(7)8)47-24-13-10-14-25-47/h9-45H,1-8H3. The maximum Gasteiger partial charge on any atom is 0.157 e. The molecule has 396 valence electrons. The first-order valence-electron chi connectivity index (χ1n) is 28.3. The summed E-state index contributed by atoms with van der Waals surface area (Å²) in [5.74, 6) is 3.63. The first kappa shape index (κ1) is 49.7. The highest BCUT2D eigenvalue weighted by Gasteiger charge is 2.29. The van der Waals surface area contributed by atoms with Crippen LogP contribution in [0, 0.1) is 0 Å². The summed E-state index contributed by atoms with van der Waals surface area (Å²) < 4.78 is 25.4. The summed E-state index contributed by atoms with van der Waals surface area (Å²) in [5.41, 5.74) is 21.7. The number of imidazole rings is 2. The number of pyridine rings is 1. The number of furan rings is 2. The van der Waals surface area contributed by atoms with Gasteiger partial charge in [-0.25, -0.2) is 15.0 Å². The zero-order chi connectivity index (χ0) is 55.2. The zero-order valence-electron chi connectivity index (χ0n) is 46.8. The van der Waals surface area contributed by atoms with E-state index in [4.69, 9.17) is 28.5 Å². The Labute approximate surface area is 470 Å². The van der Waals surface area contributed by atoms with Crippen molar-refractivity contribution < 1.29 is 13.6 Å². The van der Waals surface area contributed by atoms with E-state index in [9.17, 15) is 0 Å². The number of hydrogen-bond acceptors (Lipinski definition) is 6. The fourth-order valence-electron chi connectivity index (χ4n) is 12.1. The molecule has 0 fully saturated rings. The molecule has 14 rings (SSSR count). The lowest BCUT2D eigenvalue weighted by Crippen LogP contribution is -2.09. The predicted octanol–water partition coefficient (Wildman–Crippen LogP) is 20.5. The van der Waals surface area contributed by atoms with Gasteiger partial charge >= 0.3 is 0 Å². The molecule has 81 heavy (non-hydrogen) atoms. The van der Waals surface area contributed by atoms with Crippen molar-refractivity contribution >= 4 is 66.2 Å². The minimum Gasteiger partial charge on any atom is -0.457 e.